The van der Waals surface area contributed by atoms with Gasteiger partial charge in [-0.15, -0.1) is 0 Å². The molecule has 0 aliphatic heterocycles. The number of esters is 1. The van der Waals surface area contributed by atoms with Gasteiger partial charge < -0.3 is 4.74 Å². The van der Waals surface area contributed by atoms with Crippen molar-refractivity contribution in [3.8, 4) is 11.3 Å². The number of hydrogen-bond acceptors (Lipinski definition) is 3. The molecule has 0 saturated heterocycles. The maximum absolute atomic E-state index is 11.7. The van der Waals surface area contributed by atoms with Crippen molar-refractivity contribution in [2.45, 2.75) is 13.8 Å². The van der Waals surface area contributed by atoms with E-state index in [9.17, 15) is 4.79 Å². The van der Waals surface area contributed by atoms with Crippen molar-refractivity contribution in [1.29, 1.82) is 0 Å². The fraction of sp³-hybridized carbons (Fsp3) is 0.158. The van der Waals surface area contributed by atoms with E-state index in [-0.39, 0.29) is 5.97 Å². The first-order valence-corrected chi connectivity index (χ1v) is 7.16. The van der Waals surface area contributed by atoms with E-state index in [2.05, 4.69) is 25.1 Å². The average Bonchev–Trinajstić information content (AvgIpc) is 2.54. The fourth-order valence-electron chi connectivity index (χ4n) is 2.66. The number of pyridine rings is 1. The van der Waals surface area contributed by atoms with Gasteiger partial charge in [-0.05, 0) is 43.0 Å². The molecule has 3 heteroatoms. The Labute approximate surface area is 129 Å². The lowest BCUT2D eigenvalue weighted by atomic mass is 10.0. The summed E-state index contributed by atoms with van der Waals surface area (Å²) in [4.78, 5) is 16.4. The predicted octanol–water partition coefficient (Wildman–Crippen LogP) is 4.31. The Bertz CT molecular complexity index is 868. The minimum Gasteiger partial charge on any atom is -0.465 e. The number of nitrogens with zero attached hydrogens (tertiary/aromatic N) is 1. The van der Waals surface area contributed by atoms with Gasteiger partial charge in [0.05, 0.1) is 18.4 Å². The summed E-state index contributed by atoms with van der Waals surface area (Å²) < 4.78 is 4.77. The molecule has 1 heterocycles. The van der Waals surface area contributed by atoms with Crippen molar-refractivity contribution in [2.75, 3.05) is 7.11 Å². The quantitative estimate of drug-likeness (QED) is 0.661. The summed E-state index contributed by atoms with van der Waals surface area (Å²) in [6, 6.07) is 15.8. The van der Waals surface area contributed by atoms with E-state index in [1.807, 2.05) is 31.2 Å². The standard InChI is InChI=1S/C19H17NO2/c1-12-6-4-5-7-16(12)18-11-14-8-9-15(19(21)22-3)10-17(14)13(2)20-18/h4-11H,1-3H3. The molecule has 0 radical (unpaired) electrons. The topological polar surface area (TPSA) is 39.2 Å². The Balaban J connectivity index is 2.18. The molecule has 0 fully saturated rings. The summed E-state index contributed by atoms with van der Waals surface area (Å²) in [7, 11) is 1.39. The Morgan fingerprint density at radius 3 is 2.55 bits per heavy atom. The van der Waals surface area contributed by atoms with Crippen molar-refractivity contribution in [1.82, 2.24) is 4.98 Å². The Morgan fingerprint density at radius 2 is 1.82 bits per heavy atom. The van der Waals surface area contributed by atoms with Crippen LogP contribution in [0, 0.1) is 13.8 Å². The number of rotatable bonds is 2. The molecule has 0 aliphatic carbocycles. The largest absolute Gasteiger partial charge is 0.465 e. The van der Waals surface area contributed by atoms with Crippen LogP contribution in [-0.2, 0) is 4.74 Å². The number of benzene rings is 2. The molecule has 0 spiro atoms. The number of aryl methyl sites for hydroxylation is 2. The third-order valence-electron chi connectivity index (χ3n) is 3.87. The molecular formula is C19H17NO2. The van der Waals surface area contributed by atoms with Crippen LogP contribution in [0.25, 0.3) is 22.0 Å². The molecule has 0 aliphatic rings. The van der Waals surface area contributed by atoms with Gasteiger partial charge >= 0.3 is 5.97 Å². The van der Waals surface area contributed by atoms with Crippen LogP contribution in [0.5, 0.6) is 0 Å². The third kappa shape index (κ3) is 2.46. The summed E-state index contributed by atoms with van der Waals surface area (Å²) in [6.45, 7) is 4.04. The lowest BCUT2D eigenvalue weighted by Crippen LogP contribution is -2.01. The van der Waals surface area contributed by atoms with Crippen molar-refractivity contribution in [3.63, 3.8) is 0 Å². The number of ether oxygens (including phenoxy) is 1. The summed E-state index contributed by atoms with van der Waals surface area (Å²) in [5.41, 5.74) is 4.73. The molecular weight excluding hydrogens is 274 g/mol. The molecule has 0 saturated carbocycles. The number of fused-ring (bicyclic) bond motifs is 1. The molecule has 0 amide bonds. The normalized spacial score (nSPS) is 10.7. The second-order valence-corrected chi connectivity index (χ2v) is 5.34. The van der Waals surface area contributed by atoms with Crippen LogP contribution in [0.3, 0.4) is 0 Å². The maximum atomic E-state index is 11.7. The van der Waals surface area contributed by atoms with Gasteiger partial charge in [0.15, 0.2) is 0 Å². The van der Waals surface area contributed by atoms with Crippen molar-refractivity contribution >= 4 is 16.7 Å². The molecule has 0 unspecified atom stereocenters. The molecule has 3 aromatic rings. The van der Waals surface area contributed by atoms with Gasteiger partial charge in [-0.25, -0.2) is 4.79 Å². The van der Waals surface area contributed by atoms with Crippen LogP contribution < -0.4 is 0 Å². The van der Waals surface area contributed by atoms with Crippen LogP contribution in [0.2, 0.25) is 0 Å². The highest BCUT2D eigenvalue weighted by Gasteiger charge is 2.10. The smallest absolute Gasteiger partial charge is 0.337 e. The molecule has 22 heavy (non-hydrogen) atoms. The van der Waals surface area contributed by atoms with Gasteiger partial charge in [0.25, 0.3) is 0 Å². The minimum absolute atomic E-state index is 0.329. The molecule has 0 bridgehead atoms. The highest BCUT2D eigenvalue weighted by molar-refractivity contribution is 5.97. The first kappa shape index (κ1) is 14.3. The predicted molar refractivity (Wildman–Crippen MR) is 88.0 cm³/mol. The molecule has 110 valence electrons. The Kier molecular flexibility index (Phi) is 3.63. The maximum Gasteiger partial charge on any atom is 0.337 e. The minimum atomic E-state index is -0.329. The van der Waals surface area contributed by atoms with E-state index in [1.165, 1.54) is 12.7 Å². The van der Waals surface area contributed by atoms with E-state index in [0.29, 0.717) is 5.56 Å². The van der Waals surface area contributed by atoms with Crippen LogP contribution in [0.15, 0.2) is 48.5 Å². The zero-order valence-electron chi connectivity index (χ0n) is 12.9. The van der Waals surface area contributed by atoms with E-state index in [0.717, 1.165) is 27.7 Å². The van der Waals surface area contributed by atoms with Crippen molar-refractivity contribution in [2.24, 2.45) is 0 Å². The first-order chi connectivity index (χ1) is 10.6. The molecule has 3 rings (SSSR count). The molecule has 1 aromatic heterocycles. The van der Waals surface area contributed by atoms with E-state index >= 15 is 0 Å². The van der Waals surface area contributed by atoms with E-state index in [4.69, 9.17) is 9.72 Å². The summed E-state index contributed by atoms with van der Waals surface area (Å²) >= 11 is 0. The molecule has 0 atom stereocenters. The molecule has 3 nitrogen and oxygen atoms in total. The molecule has 0 N–H and O–H groups in total. The van der Waals surface area contributed by atoms with E-state index in [1.54, 1.807) is 6.07 Å². The number of methoxy groups -OCH3 is 1. The summed E-state index contributed by atoms with van der Waals surface area (Å²) in [5, 5.41) is 2.04. The second kappa shape index (κ2) is 5.60. The van der Waals surface area contributed by atoms with Crippen LogP contribution in [-0.4, -0.2) is 18.1 Å². The SMILES string of the molecule is COC(=O)c1ccc2cc(-c3ccccc3C)nc(C)c2c1. The zero-order chi connectivity index (χ0) is 15.7. The molecule has 2 aromatic carbocycles. The van der Waals surface area contributed by atoms with Gasteiger partial charge in [0.1, 0.15) is 0 Å². The lowest BCUT2D eigenvalue weighted by molar-refractivity contribution is 0.0601. The summed E-state index contributed by atoms with van der Waals surface area (Å²) in [6.07, 6.45) is 0. The van der Waals surface area contributed by atoms with Crippen molar-refractivity contribution in [3.05, 3.63) is 65.4 Å². The van der Waals surface area contributed by atoms with Gasteiger partial charge in [-0.1, -0.05) is 30.3 Å². The van der Waals surface area contributed by atoms with Crippen LogP contribution in [0.1, 0.15) is 21.6 Å². The first-order valence-electron chi connectivity index (χ1n) is 7.16. The van der Waals surface area contributed by atoms with Gasteiger partial charge in [0.2, 0.25) is 0 Å². The van der Waals surface area contributed by atoms with Gasteiger partial charge in [0, 0.05) is 16.6 Å². The Hall–Kier alpha value is -2.68. The van der Waals surface area contributed by atoms with Crippen LogP contribution >= 0.6 is 0 Å². The number of carbonyl (C=O) groups is 1. The van der Waals surface area contributed by atoms with Gasteiger partial charge in [-0.2, -0.15) is 0 Å². The number of hydrogen-bond donors (Lipinski definition) is 0. The van der Waals surface area contributed by atoms with Crippen molar-refractivity contribution < 1.29 is 9.53 Å². The fourth-order valence-corrected chi connectivity index (χ4v) is 2.66. The zero-order valence-corrected chi connectivity index (χ0v) is 12.9. The third-order valence-corrected chi connectivity index (χ3v) is 3.87. The highest BCUT2D eigenvalue weighted by Crippen LogP contribution is 2.27. The van der Waals surface area contributed by atoms with E-state index < -0.39 is 0 Å². The number of aromatic nitrogens is 1. The Morgan fingerprint density at radius 1 is 1.05 bits per heavy atom. The number of carbonyl (C=O) groups excluding carboxylic acids is 1. The second-order valence-electron chi connectivity index (χ2n) is 5.34. The monoisotopic (exact) mass is 291 g/mol. The lowest BCUT2D eigenvalue weighted by Gasteiger charge is -2.10. The average molecular weight is 291 g/mol. The highest BCUT2D eigenvalue weighted by atomic mass is 16.5. The van der Waals surface area contributed by atoms with Gasteiger partial charge in [-0.3, -0.25) is 4.98 Å². The van der Waals surface area contributed by atoms with Crippen LogP contribution in [0.4, 0.5) is 0 Å². The summed E-state index contributed by atoms with van der Waals surface area (Å²) in [5.74, 6) is -0.329.